The van der Waals surface area contributed by atoms with Gasteiger partial charge in [-0.05, 0) is 44.2 Å². The molecule has 3 aromatic rings. The van der Waals surface area contributed by atoms with Gasteiger partial charge in [0.25, 0.3) is 0 Å². The molecule has 0 bridgehead atoms. The maximum absolute atomic E-state index is 5.51. The number of nitrogens with zero attached hydrogens (tertiary/aromatic N) is 4. The zero-order chi connectivity index (χ0) is 17.2. The zero-order valence-electron chi connectivity index (χ0n) is 14.4. The van der Waals surface area contributed by atoms with E-state index in [1.165, 1.54) is 0 Å². The van der Waals surface area contributed by atoms with E-state index >= 15 is 0 Å². The minimum Gasteiger partial charge on any atom is -0.381 e. The van der Waals surface area contributed by atoms with Gasteiger partial charge in [0.15, 0.2) is 5.82 Å². The van der Waals surface area contributed by atoms with Gasteiger partial charge in [-0.1, -0.05) is 17.3 Å². The Morgan fingerprint density at radius 2 is 2.00 bits per heavy atom. The number of hydrogen-bond donors (Lipinski definition) is 1. The zero-order valence-corrected chi connectivity index (χ0v) is 14.4. The van der Waals surface area contributed by atoms with Crippen LogP contribution in [0, 0.1) is 19.8 Å². The number of hydrogen-bond acceptors (Lipinski definition) is 7. The van der Waals surface area contributed by atoms with Crippen LogP contribution in [0.15, 0.2) is 29.0 Å². The van der Waals surface area contributed by atoms with E-state index in [-0.39, 0.29) is 6.04 Å². The largest absolute Gasteiger partial charge is 0.381 e. The first kappa shape index (κ1) is 16.0. The van der Waals surface area contributed by atoms with Crippen LogP contribution in [-0.2, 0) is 4.74 Å². The molecule has 0 aliphatic carbocycles. The van der Waals surface area contributed by atoms with Crippen LogP contribution in [0.3, 0.4) is 0 Å². The Hall–Kier alpha value is -2.54. The van der Waals surface area contributed by atoms with Crippen LogP contribution in [0.2, 0.25) is 0 Å². The average Bonchev–Trinajstić information content (AvgIpc) is 3.07. The summed E-state index contributed by atoms with van der Waals surface area (Å²) in [6.07, 6.45) is 3.49. The average molecular weight is 339 g/mol. The van der Waals surface area contributed by atoms with Crippen LogP contribution in [0.1, 0.15) is 36.2 Å². The van der Waals surface area contributed by atoms with Crippen molar-refractivity contribution >= 4 is 16.7 Å². The summed E-state index contributed by atoms with van der Waals surface area (Å²) in [6.45, 7) is 5.38. The molecule has 0 saturated carbocycles. The minimum atomic E-state index is -0.0938. The molecule has 1 aliphatic heterocycles. The summed E-state index contributed by atoms with van der Waals surface area (Å²) in [5.41, 5.74) is 2.08. The highest BCUT2D eigenvalue weighted by molar-refractivity contribution is 5.90. The van der Waals surface area contributed by atoms with Gasteiger partial charge in [0, 0.05) is 18.6 Å². The molecule has 130 valence electrons. The van der Waals surface area contributed by atoms with E-state index in [4.69, 9.17) is 9.26 Å². The Morgan fingerprint density at radius 1 is 1.16 bits per heavy atom. The lowest BCUT2D eigenvalue weighted by atomic mass is 9.91. The summed E-state index contributed by atoms with van der Waals surface area (Å²) in [7, 11) is 0. The fourth-order valence-corrected chi connectivity index (χ4v) is 3.37. The monoisotopic (exact) mass is 339 g/mol. The number of para-hydroxylation sites is 1. The number of nitrogens with one attached hydrogen (secondary N) is 1. The second kappa shape index (κ2) is 6.76. The minimum absolute atomic E-state index is 0.0938. The van der Waals surface area contributed by atoms with E-state index in [0.717, 1.165) is 48.3 Å². The van der Waals surface area contributed by atoms with E-state index < -0.39 is 0 Å². The van der Waals surface area contributed by atoms with Crippen LogP contribution in [0.25, 0.3) is 10.9 Å². The van der Waals surface area contributed by atoms with E-state index in [1.807, 2.05) is 19.1 Å². The van der Waals surface area contributed by atoms with Gasteiger partial charge in [-0.3, -0.25) is 0 Å². The van der Waals surface area contributed by atoms with Gasteiger partial charge in [-0.25, -0.2) is 9.97 Å². The standard InChI is InChI=1S/C18H21N5O2/c1-11-4-3-5-14-15(11)19-10-20-17(14)22-16(13-6-8-24-9-7-13)18-21-12(2)23-25-18/h3-5,10,13,16H,6-9H2,1-2H3,(H,19,20,22)/t16-/m1/s1. The van der Waals surface area contributed by atoms with Gasteiger partial charge in [0.05, 0.1) is 5.52 Å². The van der Waals surface area contributed by atoms with Crippen molar-refractivity contribution < 1.29 is 9.26 Å². The third-order valence-electron chi connectivity index (χ3n) is 4.71. The Morgan fingerprint density at radius 3 is 2.76 bits per heavy atom. The summed E-state index contributed by atoms with van der Waals surface area (Å²) in [5.74, 6) is 2.38. The van der Waals surface area contributed by atoms with Gasteiger partial charge in [-0.2, -0.15) is 4.98 Å². The van der Waals surface area contributed by atoms with Gasteiger partial charge < -0.3 is 14.6 Å². The first-order chi connectivity index (χ1) is 12.2. The van der Waals surface area contributed by atoms with Crippen LogP contribution in [0.4, 0.5) is 5.82 Å². The molecule has 0 unspecified atom stereocenters. The molecule has 2 aromatic heterocycles. The number of aromatic nitrogens is 4. The molecule has 4 rings (SSSR count). The van der Waals surface area contributed by atoms with Gasteiger partial charge in [0.1, 0.15) is 18.2 Å². The van der Waals surface area contributed by atoms with Gasteiger partial charge in [-0.15, -0.1) is 0 Å². The summed E-state index contributed by atoms with van der Waals surface area (Å²) in [5, 5.41) is 8.50. The molecule has 25 heavy (non-hydrogen) atoms. The fraction of sp³-hybridized carbons (Fsp3) is 0.444. The molecule has 1 saturated heterocycles. The number of fused-ring (bicyclic) bond motifs is 1. The third-order valence-corrected chi connectivity index (χ3v) is 4.71. The van der Waals surface area contributed by atoms with E-state index in [0.29, 0.717) is 17.6 Å². The maximum atomic E-state index is 5.51. The number of aryl methyl sites for hydroxylation is 2. The molecule has 1 atom stereocenters. The summed E-state index contributed by atoms with van der Waals surface area (Å²) < 4.78 is 11.0. The Balaban J connectivity index is 1.72. The highest BCUT2D eigenvalue weighted by Crippen LogP contribution is 2.33. The Bertz CT molecular complexity index is 873. The van der Waals surface area contributed by atoms with Crippen molar-refractivity contribution in [3.8, 4) is 0 Å². The van der Waals surface area contributed by atoms with Crippen molar-refractivity contribution in [2.24, 2.45) is 5.92 Å². The first-order valence-electron chi connectivity index (χ1n) is 8.57. The first-order valence-corrected chi connectivity index (χ1v) is 8.57. The van der Waals surface area contributed by atoms with Crippen molar-refractivity contribution in [1.82, 2.24) is 20.1 Å². The van der Waals surface area contributed by atoms with Crippen molar-refractivity contribution in [2.75, 3.05) is 18.5 Å². The molecule has 0 radical (unpaired) electrons. The lowest BCUT2D eigenvalue weighted by Crippen LogP contribution is -2.27. The lowest BCUT2D eigenvalue weighted by Gasteiger charge is -2.29. The number of ether oxygens (including phenoxy) is 1. The van der Waals surface area contributed by atoms with Crippen molar-refractivity contribution in [2.45, 2.75) is 32.7 Å². The van der Waals surface area contributed by atoms with Crippen LogP contribution < -0.4 is 5.32 Å². The molecular weight excluding hydrogens is 318 g/mol. The topological polar surface area (TPSA) is 86.0 Å². The molecule has 3 heterocycles. The van der Waals surface area contributed by atoms with Crippen molar-refractivity contribution in [1.29, 1.82) is 0 Å². The number of rotatable bonds is 4. The smallest absolute Gasteiger partial charge is 0.249 e. The van der Waals surface area contributed by atoms with Crippen LogP contribution >= 0.6 is 0 Å². The molecule has 7 heteroatoms. The Labute approximate surface area is 145 Å². The molecule has 1 aromatic carbocycles. The van der Waals surface area contributed by atoms with Crippen molar-refractivity contribution in [3.63, 3.8) is 0 Å². The molecule has 0 amide bonds. The molecular formula is C18H21N5O2. The number of anilines is 1. The summed E-state index contributed by atoms with van der Waals surface area (Å²) in [6, 6.07) is 6.01. The highest BCUT2D eigenvalue weighted by Gasteiger charge is 2.30. The van der Waals surface area contributed by atoms with E-state index in [1.54, 1.807) is 6.33 Å². The van der Waals surface area contributed by atoms with E-state index in [2.05, 4.69) is 38.4 Å². The van der Waals surface area contributed by atoms with Crippen molar-refractivity contribution in [3.05, 3.63) is 41.8 Å². The summed E-state index contributed by atoms with van der Waals surface area (Å²) in [4.78, 5) is 13.3. The van der Waals surface area contributed by atoms with E-state index in [9.17, 15) is 0 Å². The Kier molecular flexibility index (Phi) is 4.31. The molecule has 1 N–H and O–H groups in total. The predicted octanol–water partition coefficient (Wildman–Crippen LogP) is 3.21. The molecule has 1 fully saturated rings. The SMILES string of the molecule is Cc1noc([C@H](Nc2ncnc3c(C)cccc23)C2CCOCC2)n1. The molecule has 7 nitrogen and oxygen atoms in total. The lowest BCUT2D eigenvalue weighted by molar-refractivity contribution is 0.0571. The fourth-order valence-electron chi connectivity index (χ4n) is 3.37. The van der Waals surface area contributed by atoms with Crippen LogP contribution in [0.5, 0.6) is 0 Å². The van der Waals surface area contributed by atoms with Gasteiger partial charge in [0.2, 0.25) is 5.89 Å². The second-order valence-electron chi connectivity index (χ2n) is 6.44. The van der Waals surface area contributed by atoms with Crippen LogP contribution in [-0.4, -0.2) is 33.3 Å². The number of benzene rings is 1. The summed E-state index contributed by atoms with van der Waals surface area (Å²) >= 11 is 0. The molecule has 0 spiro atoms. The second-order valence-corrected chi connectivity index (χ2v) is 6.44. The normalized spacial score (nSPS) is 16.9. The highest BCUT2D eigenvalue weighted by atomic mass is 16.5. The molecule has 1 aliphatic rings. The third kappa shape index (κ3) is 3.19. The predicted molar refractivity (Wildman–Crippen MR) is 93.2 cm³/mol. The maximum Gasteiger partial charge on any atom is 0.249 e. The quantitative estimate of drug-likeness (QED) is 0.781. The van der Waals surface area contributed by atoms with Gasteiger partial charge >= 0.3 is 0 Å².